The van der Waals surface area contributed by atoms with Crippen molar-refractivity contribution < 1.29 is 9.26 Å². The van der Waals surface area contributed by atoms with Crippen molar-refractivity contribution in [2.24, 2.45) is 0 Å². The van der Waals surface area contributed by atoms with Crippen LogP contribution in [0.4, 0.5) is 17.6 Å². The van der Waals surface area contributed by atoms with Crippen molar-refractivity contribution in [3.63, 3.8) is 0 Å². The number of aromatic amines is 1. The number of rotatable bonds is 8. The highest BCUT2D eigenvalue weighted by Crippen LogP contribution is 2.36. The van der Waals surface area contributed by atoms with E-state index in [4.69, 9.17) is 19.2 Å². The molecule has 10 nitrogen and oxygen atoms in total. The molecule has 0 aliphatic carbocycles. The van der Waals surface area contributed by atoms with Gasteiger partial charge in [-0.3, -0.25) is 10.1 Å². The molecule has 33 heavy (non-hydrogen) atoms. The molecule has 5 heterocycles. The van der Waals surface area contributed by atoms with Crippen molar-refractivity contribution in [3.05, 3.63) is 59.7 Å². The minimum atomic E-state index is -0.00205. The van der Waals surface area contributed by atoms with Crippen LogP contribution in [-0.2, 0) is 11.3 Å². The Balaban J connectivity index is 1.44. The summed E-state index contributed by atoms with van der Waals surface area (Å²) in [4.78, 5) is 16.1. The van der Waals surface area contributed by atoms with E-state index in [1.807, 2.05) is 50.2 Å². The summed E-state index contributed by atoms with van der Waals surface area (Å²) in [5, 5.41) is 14.7. The molecule has 0 aromatic carbocycles. The van der Waals surface area contributed by atoms with Gasteiger partial charge in [0.05, 0.1) is 24.0 Å². The molecular formula is C23H26N8O2. The number of aromatic nitrogens is 6. The summed E-state index contributed by atoms with van der Waals surface area (Å²) in [6, 6.07) is 11.5. The van der Waals surface area contributed by atoms with Crippen LogP contribution in [0, 0.1) is 6.92 Å². The zero-order chi connectivity index (χ0) is 22.6. The standard InChI is InChI=1S/C23H26N8O2/c1-3-32-14-16-12-21(26-22-11-15(2)28-29-22)27-23(25-16)31-10-6-8-19(31)20-13-18(30-33-20)17-7-4-5-9-24-17/h4-5,7,9,11-13,19H,3,6,8,10,14H2,1-2H3,(H2,25,26,27,28,29)/t19-/m0/s1. The van der Waals surface area contributed by atoms with Crippen molar-refractivity contribution in [3.8, 4) is 11.4 Å². The van der Waals surface area contributed by atoms with Gasteiger partial charge < -0.3 is 19.5 Å². The maximum absolute atomic E-state index is 5.74. The van der Waals surface area contributed by atoms with E-state index in [9.17, 15) is 0 Å². The van der Waals surface area contributed by atoms with E-state index in [1.165, 1.54) is 0 Å². The molecule has 0 unspecified atom stereocenters. The highest BCUT2D eigenvalue weighted by Gasteiger charge is 2.32. The van der Waals surface area contributed by atoms with Crippen LogP contribution < -0.4 is 10.2 Å². The minimum Gasteiger partial charge on any atom is -0.375 e. The molecule has 1 atom stereocenters. The lowest BCUT2D eigenvalue weighted by atomic mass is 10.1. The van der Waals surface area contributed by atoms with Gasteiger partial charge in [0.2, 0.25) is 5.95 Å². The van der Waals surface area contributed by atoms with Gasteiger partial charge in [0.1, 0.15) is 11.5 Å². The number of pyridine rings is 1. The second kappa shape index (κ2) is 9.37. The maximum atomic E-state index is 5.74. The highest BCUT2D eigenvalue weighted by atomic mass is 16.5. The van der Waals surface area contributed by atoms with Gasteiger partial charge in [-0.05, 0) is 38.8 Å². The first-order valence-corrected chi connectivity index (χ1v) is 11.1. The third kappa shape index (κ3) is 4.70. The number of hydrogen-bond donors (Lipinski definition) is 2. The number of ether oxygens (including phenoxy) is 1. The molecule has 0 radical (unpaired) electrons. The Morgan fingerprint density at radius 1 is 1.18 bits per heavy atom. The van der Waals surface area contributed by atoms with Gasteiger partial charge in [0, 0.05) is 43.2 Å². The largest absolute Gasteiger partial charge is 0.375 e. The van der Waals surface area contributed by atoms with E-state index >= 15 is 0 Å². The molecule has 0 bridgehead atoms. The molecular weight excluding hydrogens is 420 g/mol. The number of nitrogens with zero attached hydrogens (tertiary/aromatic N) is 6. The molecule has 10 heteroatoms. The van der Waals surface area contributed by atoms with Crippen LogP contribution in [-0.4, -0.2) is 43.5 Å². The van der Waals surface area contributed by atoms with Crippen LogP contribution >= 0.6 is 0 Å². The van der Waals surface area contributed by atoms with Crippen LogP contribution in [0.1, 0.15) is 43.0 Å². The van der Waals surface area contributed by atoms with Crippen LogP contribution in [0.2, 0.25) is 0 Å². The monoisotopic (exact) mass is 446 g/mol. The molecule has 1 saturated heterocycles. The summed E-state index contributed by atoms with van der Waals surface area (Å²) in [6.45, 7) is 5.76. The number of aryl methyl sites for hydroxylation is 1. The molecule has 4 aromatic heterocycles. The second-order valence-corrected chi connectivity index (χ2v) is 7.92. The fourth-order valence-corrected chi connectivity index (χ4v) is 3.95. The lowest BCUT2D eigenvalue weighted by Gasteiger charge is -2.23. The summed E-state index contributed by atoms with van der Waals surface area (Å²) in [6.07, 6.45) is 3.68. The molecule has 5 rings (SSSR count). The first-order valence-electron chi connectivity index (χ1n) is 11.1. The second-order valence-electron chi connectivity index (χ2n) is 7.92. The van der Waals surface area contributed by atoms with Gasteiger partial charge >= 0.3 is 0 Å². The van der Waals surface area contributed by atoms with Gasteiger partial charge in [0.25, 0.3) is 0 Å². The number of anilines is 3. The average Bonchev–Trinajstić information content (AvgIpc) is 3.59. The Morgan fingerprint density at radius 2 is 2.12 bits per heavy atom. The van der Waals surface area contributed by atoms with E-state index in [-0.39, 0.29) is 6.04 Å². The Kier molecular flexibility index (Phi) is 5.99. The van der Waals surface area contributed by atoms with Gasteiger partial charge in [-0.2, -0.15) is 10.1 Å². The summed E-state index contributed by atoms with van der Waals surface area (Å²) in [7, 11) is 0. The van der Waals surface area contributed by atoms with E-state index in [2.05, 4.69) is 30.6 Å². The van der Waals surface area contributed by atoms with E-state index < -0.39 is 0 Å². The number of H-pyrrole nitrogens is 1. The average molecular weight is 447 g/mol. The highest BCUT2D eigenvalue weighted by molar-refractivity contribution is 5.56. The van der Waals surface area contributed by atoms with Crippen molar-refractivity contribution in [2.75, 3.05) is 23.4 Å². The quantitative estimate of drug-likeness (QED) is 0.411. The predicted octanol–water partition coefficient (Wildman–Crippen LogP) is 4.18. The SMILES string of the molecule is CCOCc1cc(Nc2cc(C)[nH]n2)nc(N2CCC[C@H]2c2cc(-c3ccccn3)no2)n1. The molecule has 4 aromatic rings. The van der Waals surface area contributed by atoms with E-state index in [0.717, 1.165) is 47.9 Å². The van der Waals surface area contributed by atoms with Crippen LogP contribution in [0.3, 0.4) is 0 Å². The molecule has 0 saturated carbocycles. The van der Waals surface area contributed by atoms with Crippen molar-refractivity contribution in [1.29, 1.82) is 0 Å². The fraction of sp³-hybridized carbons (Fsp3) is 0.348. The van der Waals surface area contributed by atoms with Crippen LogP contribution in [0.25, 0.3) is 11.4 Å². The van der Waals surface area contributed by atoms with Crippen LogP contribution in [0.15, 0.2) is 47.1 Å². The van der Waals surface area contributed by atoms with Crippen molar-refractivity contribution in [2.45, 2.75) is 39.3 Å². The summed E-state index contributed by atoms with van der Waals surface area (Å²) in [5.41, 5.74) is 3.27. The Hall–Kier alpha value is -3.79. The molecule has 1 aliphatic rings. The van der Waals surface area contributed by atoms with Crippen molar-refractivity contribution >= 4 is 17.6 Å². The van der Waals surface area contributed by atoms with Gasteiger partial charge in [-0.1, -0.05) is 11.2 Å². The molecule has 0 spiro atoms. The third-order valence-electron chi connectivity index (χ3n) is 5.48. The normalized spacial score (nSPS) is 15.8. The van der Waals surface area contributed by atoms with E-state index in [1.54, 1.807) is 6.20 Å². The zero-order valence-electron chi connectivity index (χ0n) is 18.7. The first-order chi connectivity index (χ1) is 16.2. The third-order valence-corrected chi connectivity index (χ3v) is 5.48. The Morgan fingerprint density at radius 3 is 2.91 bits per heavy atom. The van der Waals surface area contributed by atoms with Gasteiger partial charge in [0.15, 0.2) is 11.6 Å². The topological polar surface area (TPSA) is 118 Å². The molecule has 1 fully saturated rings. The lowest BCUT2D eigenvalue weighted by Crippen LogP contribution is -2.25. The summed E-state index contributed by atoms with van der Waals surface area (Å²) >= 11 is 0. The molecule has 2 N–H and O–H groups in total. The van der Waals surface area contributed by atoms with Crippen LogP contribution in [0.5, 0.6) is 0 Å². The smallest absolute Gasteiger partial charge is 0.228 e. The van der Waals surface area contributed by atoms with Crippen molar-refractivity contribution in [1.82, 2.24) is 30.3 Å². The van der Waals surface area contributed by atoms with Gasteiger partial charge in [-0.25, -0.2) is 4.98 Å². The Bertz CT molecular complexity index is 1210. The summed E-state index contributed by atoms with van der Waals surface area (Å²) < 4.78 is 11.4. The molecule has 170 valence electrons. The Labute approximate surface area is 191 Å². The maximum Gasteiger partial charge on any atom is 0.228 e. The minimum absolute atomic E-state index is 0.00205. The van der Waals surface area contributed by atoms with Gasteiger partial charge in [-0.15, -0.1) is 0 Å². The number of hydrogen-bond acceptors (Lipinski definition) is 9. The molecule has 1 aliphatic heterocycles. The number of nitrogens with one attached hydrogen (secondary N) is 2. The zero-order valence-corrected chi connectivity index (χ0v) is 18.7. The van der Waals surface area contributed by atoms with E-state index in [0.29, 0.717) is 30.8 Å². The fourth-order valence-electron chi connectivity index (χ4n) is 3.95. The first kappa shape index (κ1) is 21.1. The predicted molar refractivity (Wildman–Crippen MR) is 123 cm³/mol. The lowest BCUT2D eigenvalue weighted by molar-refractivity contribution is 0.131. The summed E-state index contributed by atoms with van der Waals surface area (Å²) in [5.74, 6) is 2.77. The molecule has 0 amide bonds.